The number of hydrogen-bond donors (Lipinski definition) is 0. The van der Waals surface area contributed by atoms with Crippen LogP contribution in [0.2, 0.25) is 0 Å². The summed E-state index contributed by atoms with van der Waals surface area (Å²) in [6.07, 6.45) is 0. The highest BCUT2D eigenvalue weighted by atomic mass is 15.0. The summed E-state index contributed by atoms with van der Waals surface area (Å²) in [5, 5.41) is 4.90. The number of aromatic nitrogens is 4. The minimum absolute atomic E-state index is 0.207. The maximum atomic E-state index is 5.40. The molecule has 11 rings (SSSR count). The van der Waals surface area contributed by atoms with Gasteiger partial charge in [-0.2, -0.15) is 0 Å². The van der Waals surface area contributed by atoms with Crippen LogP contribution in [0.15, 0.2) is 170 Å². The molecular weight excluding hydrogens is 645 g/mol. The molecule has 4 heterocycles. The topological polar surface area (TPSA) is 35.6 Å². The molecule has 0 bridgehead atoms. The van der Waals surface area contributed by atoms with Crippen LogP contribution in [-0.2, 0) is 5.41 Å². The number of para-hydroxylation sites is 4. The van der Waals surface area contributed by atoms with Gasteiger partial charge in [0.25, 0.3) is 0 Å². The zero-order valence-corrected chi connectivity index (χ0v) is 29.5. The van der Waals surface area contributed by atoms with E-state index in [9.17, 15) is 0 Å². The van der Waals surface area contributed by atoms with Gasteiger partial charge in [-0.3, -0.25) is 0 Å². The number of hydrogen-bond acceptors (Lipinski definition) is 2. The Bertz CT molecular complexity index is 2870. The van der Waals surface area contributed by atoms with Gasteiger partial charge in [-0.05, 0) is 83.9 Å². The Morgan fingerprint density at radius 2 is 0.774 bits per heavy atom. The maximum Gasteiger partial charge on any atom is 0.0937 e. The van der Waals surface area contributed by atoms with Crippen molar-refractivity contribution in [3.63, 3.8) is 0 Å². The van der Waals surface area contributed by atoms with Crippen molar-refractivity contribution in [1.82, 2.24) is 19.1 Å². The van der Waals surface area contributed by atoms with Gasteiger partial charge in [0.2, 0.25) is 0 Å². The molecule has 53 heavy (non-hydrogen) atoms. The normalized spacial score (nSPS) is 13.2. The lowest BCUT2D eigenvalue weighted by atomic mass is 9.83. The number of benzene rings is 6. The van der Waals surface area contributed by atoms with E-state index in [1.165, 1.54) is 54.7 Å². The van der Waals surface area contributed by atoms with Crippen LogP contribution < -0.4 is 0 Å². The van der Waals surface area contributed by atoms with E-state index < -0.39 is 0 Å². The quantitative estimate of drug-likeness (QED) is 0.186. The van der Waals surface area contributed by atoms with Crippen LogP contribution in [0.4, 0.5) is 0 Å². The summed E-state index contributed by atoms with van der Waals surface area (Å²) in [7, 11) is 0. The summed E-state index contributed by atoms with van der Waals surface area (Å²) in [5.74, 6) is 0. The van der Waals surface area contributed by atoms with Crippen molar-refractivity contribution >= 4 is 43.6 Å². The molecule has 10 aromatic rings. The van der Waals surface area contributed by atoms with E-state index in [0.717, 1.165) is 45.3 Å². The predicted molar refractivity (Wildman–Crippen MR) is 219 cm³/mol. The van der Waals surface area contributed by atoms with Crippen molar-refractivity contribution in [3.8, 4) is 45.3 Å². The largest absolute Gasteiger partial charge is 0.309 e. The van der Waals surface area contributed by atoms with Crippen molar-refractivity contribution in [3.05, 3.63) is 181 Å². The molecule has 0 saturated carbocycles. The first-order valence-corrected chi connectivity index (χ1v) is 18.3. The van der Waals surface area contributed by atoms with Crippen LogP contribution in [0.5, 0.6) is 0 Å². The van der Waals surface area contributed by atoms with Crippen LogP contribution in [0.3, 0.4) is 0 Å². The van der Waals surface area contributed by atoms with Crippen molar-refractivity contribution in [1.29, 1.82) is 0 Å². The standard InChI is InChI=1S/C49H34N4/c1-49(2)39-23-25-41(31-21-27-45-37(29-31)35-17-9-11-19-43(35)52(45)33-13-5-3-6-14-33)50-47(39)48-40(49)24-26-42(51-48)32-22-28-46-38(30-32)36-18-10-12-20-44(36)53(46)34-15-7-4-8-16-34/h3-30H,1-2H3. The lowest BCUT2D eigenvalue weighted by molar-refractivity contribution is 0.658. The summed E-state index contributed by atoms with van der Waals surface area (Å²) in [6, 6.07) is 60.9. The monoisotopic (exact) mass is 678 g/mol. The molecule has 6 aromatic carbocycles. The summed E-state index contributed by atoms with van der Waals surface area (Å²) < 4.78 is 4.71. The van der Waals surface area contributed by atoms with E-state index >= 15 is 0 Å². The highest BCUT2D eigenvalue weighted by molar-refractivity contribution is 6.11. The van der Waals surface area contributed by atoms with Crippen molar-refractivity contribution in [2.75, 3.05) is 0 Å². The molecule has 1 aliphatic rings. The van der Waals surface area contributed by atoms with Crippen LogP contribution in [0.25, 0.3) is 88.9 Å². The summed E-state index contributed by atoms with van der Waals surface area (Å²) >= 11 is 0. The summed E-state index contributed by atoms with van der Waals surface area (Å²) in [5.41, 5.74) is 15.3. The Kier molecular flexibility index (Phi) is 6.27. The van der Waals surface area contributed by atoms with Gasteiger partial charge in [0, 0.05) is 49.5 Å². The van der Waals surface area contributed by atoms with Crippen LogP contribution in [-0.4, -0.2) is 19.1 Å². The van der Waals surface area contributed by atoms with Crippen LogP contribution in [0.1, 0.15) is 25.0 Å². The number of fused-ring (bicyclic) bond motifs is 9. The molecule has 4 aromatic heterocycles. The van der Waals surface area contributed by atoms with Crippen molar-refractivity contribution in [2.24, 2.45) is 0 Å². The number of pyridine rings is 2. The zero-order valence-electron chi connectivity index (χ0n) is 29.5. The molecule has 4 nitrogen and oxygen atoms in total. The van der Waals surface area contributed by atoms with Crippen molar-refractivity contribution < 1.29 is 0 Å². The summed E-state index contributed by atoms with van der Waals surface area (Å²) in [6.45, 7) is 4.57. The SMILES string of the molecule is CC1(C)c2ccc(-c3ccc4c(c3)c3ccccc3n4-c3ccccc3)nc2-c2nc(-c3ccc4c(c3)c3ccccc3n4-c3ccccc3)ccc21. The van der Waals surface area contributed by atoms with Gasteiger partial charge in [0.05, 0.1) is 44.8 Å². The number of nitrogens with zero attached hydrogens (tertiary/aromatic N) is 4. The molecule has 0 amide bonds. The Balaban J connectivity index is 1.04. The molecule has 0 atom stereocenters. The minimum atomic E-state index is -0.207. The molecule has 0 spiro atoms. The maximum absolute atomic E-state index is 5.40. The van der Waals surface area contributed by atoms with Gasteiger partial charge in [0.1, 0.15) is 0 Å². The van der Waals surface area contributed by atoms with Crippen molar-refractivity contribution in [2.45, 2.75) is 19.3 Å². The van der Waals surface area contributed by atoms with Gasteiger partial charge in [0.15, 0.2) is 0 Å². The average molecular weight is 679 g/mol. The molecule has 0 saturated heterocycles. The Morgan fingerprint density at radius 3 is 1.23 bits per heavy atom. The van der Waals surface area contributed by atoms with E-state index in [0.29, 0.717) is 0 Å². The van der Waals surface area contributed by atoms with E-state index in [1.54, 1.807) is 0 Å². The lowest BCUT2D eigenvalue weighted by Crippen LogP contribution is -2.15. The first-order valence-electron chi connectivity index (χ1n) is 18.3. The second-order valence-corrected chi connectivity index (χ2v) is 14.7. The first kappa shape index (κ1) is 29.9. The molecule has 0 fully saturated rings. The fraction of sp³-hybridized carbons (Fsp3) is 0.0612. The smallest absolute Gasteiger partial charge is 0.0937 e. The third-order valence-corrected chi connectivity index (χ3v) is 11.3. The molecule has 0 unspecified atom stereocenters. The van der Waals surface area contributed by atoms with Gasteiger partial charge >= 0.3 is 0 Å². The third kappa shape index (κ3) is 4.36. The fourth-order valence-corrected chi connectivity index (χ4v) is 8.73. The van der Waals surface area contributed by atoms with E-state index in [4.69, 9.17) is 9.97 Å². The van der Waals surface area contributed by atoms with E-state index in [1.807, 2.05) is 0 Å². The van der Waals surface area contributed by atoms with Crippen LogP contribution in [0, 0.1) is 0 Å². The Labute approximate surface area is 307 Å². The van der Waals surface area contributed by atoms with Gasteiger partial charge in [-0.1, -0.05) is 111 Å². The highest BCUT2D eigenvalue weighted by Gasteiger charge is 2.38. The predicted octanol–water partition coefficient (Wildman–Crippen LogP) is 12.3. The van der Waals surface area contributed by atoms with E-state index in [-0.39, 0.29) is 5.41 Å². The third-order valence-electron chi connectivity index (χ3n) is 11.3. The minimum Gasteiger partial charge on any atom is -0.309 e. The zero-order chi connectivity index (χ0) is 35.3. The van der Waals surface area contributed by atoms with E-state index in [2.05, 4.69) is 193 Å². The molecular formula is C49H34N4. The Morgan fingerprint density at radius 1 is 0.377 bits per heavy atom. The molecule has 4 heteroatoms. The Hall–Kier alpha value is -6.78. The molecule has 1 aliphatic carbocycles. The molecule has 0 radical (unpaired) electrons. The van der Waals surface area contributed by atoms with Gasteiger partial charge in [-0.25, -0.2) is 9.97 Å². The average Bonchev–Trinajstić information content (AvgIpc) is 3.80. The summed E-state index contributed by atoms with van der Waals surface area (Å²) in [4.78, 5) is 10.8. The molecule has 0 aliphatic heterocycles. The first-order chi connectivity index (χ1) is 26.0. The fourth-order valence-electron chi connectivity index (χ4n) is 8.73. The number of rotatable bonds is 4. The van der Waals surface area contributed by atoms with Gasteiger partial charge in [-0.15, -0.1) is 0 Å². The van der Waals surface area contributed by atoms with Crippen LogP contribution >= 0.6 is 0 Å². The second kappa shape index (κ2) is 11.1. The lowest BCUT2D eigenvalue weighted by Gasteiger charge is -2.20. The highest BCUT2D eigenvalue weighted by Crippen LogP contribution is 2.48. The molecule has 0 N–H and O–H groups in total. The van der Waals surface area contributed by atoms with Gasteiger partial charge < -0.3 is 9.13 Å². The molecule has 250 valence electrons. The second-order valence-electron chi connectivity index (χ2n) is 14.7.